The van der Waals surface area contributed by atoms with Crippen LogP contribution < -0.4 is 0 Å². The van der Waals surface area contributed by atoms with Gasteiger partial charge in [-0.2, -0.15) is 13.2 Å². The summed E-state index contributed by atoms with van der Waals surface area (Å²) >= 11 is 5.69. The van der Waals surface area contributed by atoms with Crippen LogP contribution in [-0.2, 0) is 21.8 Å². The maximum absolute atomic E-state index is 11.9. The van der Waals surface area contributed by atoms with Crippen molar-refractivity contribution in [3.63, 3.8) is 0 Å². The fourth-order valence-electron chi connectivity index (χ4n) is 1.41. The molecule has 1 heterocycles. The SMILES string of the molecule is CCOC(=O)c1cnc(CCOCC(F)(F)F)nc1CCl. The van der Waals surface area contributed by atoms with Crippen molar-refractivity contribution in [2.75, 3.05) is 19.8 Å². The van der Waals surface area contributed by atoms with E-state index >= 15 is 0 Å². The lowest BCUT2D eigenvalue weighted by Gasteiger charge is -2.09. The maximum atomic E-state index is 11.9. The van der Waals surface area contributed by atoms with Gasteiger partial charge in [0, 0.05) is 12.6 Å². The smallest absolute Gasteiger partial charge is 0.411 e. The van der Waals surface area contributed by atoms with Crippen molar-refractivity contribution in [2.45, 2.75) is 25.4 Å². The number of ether oxygens (including phenoxy) is 2. The van der Waals surface area contributed by atoms with Crippen molar-refractivity contribution in [1.82, 2.24) is 9.97 Å². The average molecular weight is 327 g/mol. The van der Waals surface area contributed by atoms with Crippen LogP contribution in [0.5, 0.6) is 0 Å². The molecule has 9 heteroatoms. The van der Waals surface area contributed by atoms with Crippen LogP contribution in [0.3, 0.4) is 0 Å². The first-order valence-corrected chi connectivity index (χ1v) is 6.63. The van der Waals surface area contributed by atoms with E-state index in [1.807, 2.05) is 0 Å². The normalized spacial score (nSPS) is 11.5. The number of carbonyl (C=O) groups is 1. The van der Waals surface area contributed by atoms with Crippen molar-refractivity contribution in [1.29, 1.82) is 0 Å². The second-order valence-electron chi connectivity index (χ2n) is 3.92. The monoisotopic (exact) mass is 326 g/mol. The van der Waals surface area contributed by atoms with E-state index in [1.165, 1.54) is 6.20 Å². The number of esters is 1. The predicted molar refractivity (Wildman–Crippen MR) is 68.1 cm³/mol. The quantitative estimate of drug-likeness (QED) is 0.438. The van der Waals surface area contributed by atoms with Crippen LogP contribution in [0.25, 0.3) is 0 Å². The molecule has 0 saturated carbocycles. The van der Waals surface area contributed by atoms with Crippen molar-refractivity contribution in [3.8, 4) is 0 Å². The summed E-state index contributed by atoms with van der Waals surface area (Å²) in [5, 5.41) is 0. The molecule has 0 aliphatic rings. The minimum absolute atomic E-state index is 0.0346. The minimum Gasteiger partial charge on any atom is -0.462 e. The van der Waals surface area contributed by atoms with Gasteiger partial charge in [-0.1, -0.05) is 0 Å². The number of aromatic nitrogens is 2. The predicted octanol–water partition coefficient (Wildman–Crippen LogP) is 2.51. The van der Waals surface area contributed by atoms with Gasteiger partial charge in [0.1, 0.15) is 18.0 Å². The topological polar surface area (TPSA) is 61.3 Å². The van der Waals surface area contributed by atoms with Gasteiger partial charge in [0.25, 0.3) is 0 Å². The molecule has 0 aliphatic carbocycles. The number of carbonyl (C=O) groups excluding carboxylic acids is 1. The first-order chi connectivity index (χ1) is 9.87. The first-order valence-electron chi connectivity index (χ1n) is 6.09. The van der Waals surface area contributed by atoms with Gasteiger partial charge >= 0.3 is 12.1 Å². The van der Waals surface area contributed by atoms with Crippen LogP contribution in [0.4, 0.5) is 13.2 Å². The van der Waals surface area contributed by atoms with Gasteiger partial charge in [0.05, 0.1) is 24.8 Å². The summed E-state index contributed by atoms with van der Waals surface area (Å²) in [6, 6.07) is 0. The number of rotatable bonds is 7. The van der Waals surface area contributed by atoms with E-state index in [-0.39, 0.29) is 42.6 Å². The molecule has 0 aliphatic heterocycles. The Morgan fingerprint density at radius 1 is 1.43 bits per heavy atom. The third-order valence-corrected chi connectivity index (χ3v) is 2.53. The van der Waals surface area contributed by atoms with Crippen LogP contribution >= 0.6 is 11.6 Å². The summed E-state index contributed by atoms with van der Waals surface area (Å²) in [7, 11) is 0. The molecule has 1 aromatic heterocycles. The van der Waals surface area contributed by atoms with Gasteiger partial charge in [0.15, 0.2) is 0 Å². The highest BCUT2D eigenvalue weighted by atomic mass is 35.5. The molecule has 118 valence electrons. The van der Waals surface area contributed by atoms with Crippen LogP contribution in [0.2, 0.25) is 0 Å². The Bertz CT molecular complexity index is 483. The minimum atomic E-state index is -4.37. The molecule has 0 saturated heterocycles. The standard InChI is InChI=1S/C12H14ClF3N2O3/c1-2-21-11(19)8-6-17-10(18-9(8)5-13)3-4-20-7-12(14,15)16/h6H,2-5,7H2,1H3. The zero-order valence-corrected chi connectivity index (χ0v) is 12.0. The van der Waals surface area contributed by atoms with Gasteiger partial charge < -0.3 is 9.47 Å². The third-order valence-electron chi connectivity index (χ3n) is 2.28. The zero-order valence-electron chi connectivity index (χ0n) is 11.2. The molecule has 0 spiro atoms. The van der Waals surface area contributed by atoms with Crippen LogP contribution in [0.15, 0.2) is 6.20 Å². The Balaban J connectivity index is 2.63. The number of alkyl halides is 4. The molecule has 0 unspecified atom stereocenters. The number of hydrogen-bond donors (Lipinski definition) is 0. The van der Waals surface area contributed by atoms with Gasteiger partial charge in [-0.05, 0) is 6.92 Å². The first kappa shape index (κ1) is 17.6. The average Bonchev–Trinajstić information content (AvgIpc) is 2.42. The molecule has 0 N–H and O–H groups in total. The fourth-order valence-corrected chi connectivity index (χ4v) is 1.62. The molecule has 0 bridgehead atoms. The molecule has 0 aromatic carbocycles. The number of nitrogens with zero attached hydrogens (tertiary/aromatic N) is 2. The van der Waals surface area contributed by atoms with Crippen molar-refractivity contribution in [3.05, 3.63) is 23.3 Å². The summed E-state index contributed by atoms with van der Waals surface area (Å²) in [6.45, 7) is 0.356. The Kier molecular flexibility index (Phi) is 6.83. The second-order valence-corrected chi connectivity index (χ2v) is 4.19. The molecule has 0 atom stereocenters. The summed E-state index contributed by atoms with van der Waals surface area (Å²) in [6.07, 6.45) is -3.03. The lowest BCUT2D eigenvalue weighted by atomic mass is 10.2. The van der Waals surface area contributed by atoms with E-state index < -0.39 is 18.8 Å². The molecule has 0 fully saturated rings. The Labute approximate surface area is 124 Å². The van der Waals surface area contributed by atoms with E-state index in [9.17, 15) is 18.0 Å². The van der Waals surface area contributed by atoms with Crippen molar-refractivity contribution < 1.29 is 27.4 Å². The lowest BCUT2D eigenvalue weighted by Crippen LogP contribution is -2.18. The molecule has 1 aromatic rings. The highest BCUT2D eigenvalue weighted by Crippen LogP contribution is 2.15. The van der Waals surface area contributed by atoms with E-state index in [2.05, 4.69) is 14.7 Å². The van der Waals surface area contributed by atoms with Crippen LogP contribution in [0, 0.1) is 0 Å². The maximum Gasteiger partial charge on any atom is 0.411 e. The van der Waals surface area contributed by atoms with Crippen LogP contribution in [-0.4, -0.2) is 41.9 Å². The molecule has 5 nitrogen and oxygen atoms in total. The summed E-state index contributed by atoms with van der Waals surface area (Å²) in [4.78, 5) is 19.5. The highest BCUT2D eigenvalue weighted by Gasteiger charge is 2.27. The summed E-state index contributed by atoms with van der Waals surface area (Å²) in [5.41, 5.74) is 0.419. The molecular weight excluding hydrogens is 313 g/mol. The van der Waals surface area contributed by atoms with Gasteiger partial charge in [-0.25, -0.2) is 14.8 Å². The van der Waals surface area contributed by atoms with Gasteiger partial charge in [-0.3, -0.25) is 0 Å². The number of halogens is 4. The molecule has 1 rings (SSSR count). The van der Waals surface area contributed by atoms with Crippen LogP contribution in [0.1, 0.15) is 28.8 Å². The largest absolute Gasteiger partial charge is 0.462 e. The molecule has 0 amide bonds. The van der Waals surface area contributed by atoms with Crippen molar-refractivity contribution in [2.24, 2.45) is 0 Å². The van der Waals surface area contributed by atoms with Gasteiger partial charge in [0.2, 0.25) is 0 Å². The second kappa shape index (κ2) is 8.14. The number of hydrogen-bond acceptors (Lipinski definition) is 5. The lowest BCUT2D eigenvalue weighted by molar-refractivity contribution is -0.173. The van der Waals surface area contributed by atoms with Crippen molar-refractivity contribution >= 4 is 17.6 Å². The fraction of sp³-hybridized carbons (Fsp3) is 0.583. The summed E-state index contributed by atoms with van der Waals surface area (Å²) < 4.78 is 44.9. The van der Waals surface area contributed by atoms with E-state index in [4.69, 9.17) is 16.3 Å². The summed E-state index contributed by atoms with van der Waals surface area (Å²) in [5.74, 6) is -0.374. The Hall–Kier alpha value is -1.41. The van der Waals surface area contributed by atoms with E-state index in [1.54, 1.807) is 6.92 Å². The molecule has 21 heavy (non-hydrogen) atoms. The van der Waals surface area contributed by atoms with Gasteiger partial charge in [-0.15, -0.1) is 11.6 Å². The third kappa shape index (κ3) is 6.26. The molecular formula is C12H14ClF3N2O3. The molecule has 0 radical (unpaired) electrons. The zero-order chi connectivity index (χ0) is 15.9. The van der Waals surface area contributed by atoms with E-state index in [0.717, 1.165) is 0 Å². The van der Waals surface area contributed by atoms with E-state index in [0.29, 0.717) is 0 Å². The highest BCUT2D eigenvalue weighted by molar-refractivity contribution is 6.17. The Morgan fingerprint density at radius 3 is 2.71 bits per heavy atom. The Morgan fingerprint density at radius 2 is 2.14 bits per heavy atom.